The first-order chi connectivity index (χ1) is 7.58. The minimum atomic E-state index is -0.738. The molecule has 2 aromatic carbocycles. The lowest BCUT2D eigenvalue weighted by atomic mass is 10.1. The van der Waals surface area contributed by atoms with E-state index in [4.69, 9.17) is 16.7 Å². The van der Waals surface area contributed by atoms with Crippen LogP contribution >= 0.6 is 11.6 Å². The molecular weight excluding hydrogens is 234 g/mol. The van der Waals surface area contributed by atoms with E-state index in [9.17, 15) is 8.78 Å². The van der Waals surface area contributed by atoms with E-state index >= 15 is 0 Å². The van der Waals surface area contributed by atoms with E-state index in [1.807, 2.05) is 0 Å². The Morgan fingerprint density at radius 3 is 2.38 bits per heavy atom. The maximum atomic E-state index is 13.1. The van der Waals surface area contributed by atoms with Gasteiger partial charge in [0.05, 0.1) is 5.02 Å². The number of phenolic OH excluding ortho intramolecular Hbond substituents is 1. The molecule has 0 aliphatic heterocycles. The Balaban J connectivity index is 2.54. The summed E-state index contributed by atoms with van der Waals surface area (Å²) in [5.41, 5.74) is 1.00. The molecule has 82 valence electrons. The Kier molecular flexibility index (Phi) is 2.79. The van der Waals surface area contributed by atoms with Crippen LogP contribution in [0, 0.1) is 11.6 Å². The summed E-state index contributed by atoms with van der Waals surface area (Å²) in [6, 6.07) is 7.74. The van der Waals surface area contributed by atoms with Gasteiger partial charge in [-0.25, -0.2) is 8.78 Å². The molecule has 4 heteroatoms. The van der Waals surface area contributed by atoms with Crippen molar-refractivity contribution < 1.29 is 13.9 Å². The maximum absolute atomic E-state index is 13.1. The predicted octanol–water partition coefficient (Wildman–Crippen LogP) is 3.99. The smallest absolute Gasteiger partial charge is 0.165 e. The molecule has 1 N–H and O–H groups in total. The zero-order valence-corrected chi connectivity index (χ0v) is 8.80. The van der Waals surface area contributed by atoms with Gasteiger partial charge in [0.15, 0.2) is 11.6 Å². The number of benzene rings is 2. The fourth-order valence-electron chi connectivity index (χ4n) is 1.40. The molecule has 0 saturated heterocycles. The van der Waals surface area contributed by atoms with Gasteiger partial charge in [-0.1, -0.05) is 17.7 Å². The second-order valence-electron chi connectivity index (χ2n) is 3.29. The zero-order valence-electron chi connectivity index (χ0n) is 8.05. The average molecular weight is 241 g/mol. The number of hydrogen-bond donors (Lipinski definition) is 1. The van der Waals surface area contributed by atoms with Crippen LogP contribution in [0.3, 0.4) is 0 Å². The Morgan fingerprint density at radius 1 is 1.00 bits per heavy atom. The summed E-state index contributed by atoms with van der Waals surface area (Å²) in [6.07, 6.45) is 0. The van der Waals surface area contributed by atoms with Gasteiger partial charge in [0.1, 0.15) is 5.82 Å². The highest BCUT2D eigenvalue weighted by atomic mass is 35.5. The SMILES string of the molecule is Oc1ccc(-c2ccc(F)cc2Cl)cc1F. The normalized spacial score (nSPS) is 10.4. The molecule has 0 saturated carbocycles. The lowest BCUT2D eigenvalue weighted by Crippen LogP contribution is -1.84. The fraction of sp³-hybridized carbons (Fsp3) is 0. The van der Waals surface area contributed by atoms with Crippen molar-refractivity contribution in [1.82, 2.24) is 0 Å². The molecule has 0 atom stereocenters. The van der Waals surface area contributed by atoms with Crippen LogP contribution in [0.15, 0.2) is 36.4 Å². The Bertz CT molecular complexity index is 541. The summed E-state index contributed by atoms with van der Waals surface area (Å²) in [5, 5.41) is 9.24. The van der Waals surface area contributed by atoms with E-state index in [2.05, 4.69) is 0 Å². The minimum absolute atomic E-state index is 0.199. The number of halogens is 3. The van der Waals surface area contributed by atoms with Gasteiger partial charge < -0.3 is 5.11 Å². The van der Waals surface area contributed by atoms with Crippen molar-refractivity contribution >= 4 is 11.6 Å². The number of aromatic hydroxyl groups is 1. The third-order valence-electron chi connectivity index (χ3n) is 2.19. The average Bonchev–Trinajstić information content (AvgIpc) is 2.22. The summed E-state index contributed by atoms with van der Waals surface area (Å²) in [6.45, 7) is 0. The van der Waals surface area contributed by atoms with Crippen molar-refractivity contribution in [2.75, 3.05) is 0 Å². The van der Waals surface area contributed by atoms with Crippen LogP contribution in [0.25, 0.3) is 11.1 Å². The molecule has 0 aromatic heterocycles. The third-order valence-corrected chi connectivity index (χ3v) is 2.50. The fourth-order valence-corrected chi connectivity index (χ4v) is 1.67. The molecule has 1 nitrogen and oxygen atoms in total. The Hall–Kier alpha value is -1.61. The van der Waals surface area contributed by atoms with Gasteiger partial charge in [-0.15, -0.1) is 0 Å². The largest absolute Gasteiger partial charge is 0.505 e. The van der Waals surface area contributed by atoms with Crippen molar-refractivity contribution in [2.24, 2.45) is 0 Å². The third kappa shape index (κ3) is 1.99. The molecule has 16 heavy (non-hydrogen) atoms. The van der Waals surface area contributed by atoms with Gasteiger partial charge in [0, 0.05) is 5.56 Å². The first-order valence-corrected chi connectivity index (χ1v) is 4.89. The van der Waals surface area contributed by atoms with Crippen LogP contribution in [-0.2, 0) is 0 Å². The lowest BCUT2D eigenvalue weighted by molar-refractivity contribution is 0.432. The van der Waals surface area contributed by atoms with Crippen molar-refractivity contribution in [2.45, 2.75) is 0 Å². The van der Waals surface area contributed by atoms with Crippen LogP contribution in [-0.4, -0.2) is 5.11 Å². The van der Waals surface area contributed by atoms with E-state index in [1.165, 1.54) is 24.3 Å². The molecule has 0 heterocycles. The molecule has 0 spiro atoms. The van der Waals surface area contributed by atoms with Gasteiger partial charge in [-0.05, 0) is 35.9 Å². The minimum Gasteiger partial charge on any atom is -0.505 e. The summed E-state index contributed by atoms with van der Waals surface area (Å²) in [7, 11) is 0. The summed E-state index contributed by atoms with van der Waals surface area (Å²) in [5.74, 6) is -1.62. The highest BCUT2D eigenvalue weighted by molar-refractivity contribution is 6.33. The van der Waals surface area contributed by atoms with Gasteiger partial charge in [-0.2, -0.15) is 0 Å². The van der Waals surface area contributed by atoms with Crippen LogP contribution < -0.4 is 0 Å². The molecule has 0 amide bonds. The second-order valence-corrected chi connectivity index (χ2v) is 3.70. The molecule has 0 fully saturated rings. The van der Waals surface area contributed by atoms with E-state index in [0.717, 1.165) is 12.1 Å². The van der Waals surface area contributed by atoms with Gasteiger partial charge in [0.25, 0.3) is 0 Å². The van der Waals surface area contributed by atoms with E-state index < -0.39 is 17.4 Å². The van der Waals surface area contributed by atoms with E-state index in [1.54, 1.807) is 0 Å². The number of hydrogen-bond acceptors (Lipinski definition) is 1. The van der Waals surface area contributed by atoms with Gasteiger partial charge >= 0.3 is 0 Å². The topological polar surface area (TPSA) is 20.2 Å². The molecule has 0 aliphatic rings. The van der Waals surface area contributed by atoms with Gasteiger partial charge in [-0.3, -0.25) is 0 Å². The maximum Gasteiger partial charge on any atom is 0.165 e. The summed E-state index contributed by atoms with van der Waals surface area (Å²) < 4.78 is 25.9. The highest BCUT2D eigenvalue weighted by Crippen LogP contribution is 2.30. The molecule has 0 bridgehead atoms. The van der Waals surface area contributed by atoms with Crippen LogP contribution in [0.2, 0.25) is 5.02 Å². The summed E-state index contributed by atoms with van der Waals surface area (Å²) in [4.78, 5) is 0. The van der Waals surface area contributed by atoms with E-state index in [-0.39, 0.29) is 5.02 Å². The molecule has 0 unspecified atom stereocenters. The molecular formula is C12H7ClF2O. The van der Waals surface area contributed by atoms with Gasteiger partial charge in [0.2, 0.25) is 0 Å². The summed E-state index contributed by atoms with van der Waals surface area (Å²) >= 11 is 5.83. The molecule has 2 rings (SSSR count). The first kappa shape index (κ1) is 10.9. The van der Waals surface area contributed by atoms with Crippen molar-refractivity contribution in [3.8, 4) is 16.9 Å². The first-order valence-electron chi connectivity index (χ1n) is 4.52. The van der Waals surface area contributed by atoms with Crippen LogP contribution in [0.1, 0.15) is 0 Å². The molecule has 0 aliphatic carbocycles. The zero-order chi connectivity index (χ0) is 11.7. The van der Waals surface area contributed by atoms with Crippen LogP contribution in [0.5, 0.6) is 5.75 Å². The van der Waals surface area contributed by atoms with Crippen molar-refractivity contribution in [3.63, 3.8) is 0 Å². The monoisotopic (exact) mass is 240 g/mol. The Morgan fingerprint density at radius 2 is 1.75 bits per heavy atom. The van der Waals surface area contributed by atoms with Crippen molar-refractivity contribution in [1.29, 1.82) is 0 Å². The van der Waals surface area contributed by atoms with Crippen LogP contribution in [0.4, 0.5) is 8.78 Å². The predicted molar refractivity (Wildman–Crippen MR) is 58.5 cm³/mol. The quantitative estimate of drug-likeness (QED) is 0.799. The molecule has 0 radical (unpaired) electrons. The second kappa shape index (κ2) is 4.10. The Labute approximate surface area is 95.9 Å². The number of phenols is 1. The van der Waals surface area contributed by atoms with Crippen molar-refractivity contribution in [3.05, 3.63) is 53.1 Å². The highest BCUT2D eigenvalue weighted by Gasteiger charge is 2.07. The van der Waals surface area contributed by atoms with E-state index in [0.29, 0.717) is 11.1 Å². The standard InChI is InChI=1S/C12H7ClF2O/c13-10-6-8(14)2-3-9(10)7-1-4-12(16)11(15)5-7/h1-6,16H. The molecule has 2 aromatic rings. The lowest BCUT2D eigenvalue weighted by Gasteiger charge is -2.05. The number of rotatable bonds is 1.